The molecule has 0 aliphatic rings. The highest BCUT2D eigenvalue weighted by atomic mass is 16.6. The van der Waals surface area contributed by atoms with Crippen molar-refractivity contribution >= 4 is 28.6 Å². The van der Waals surface area contributed by atoms with Gasteiger partial charge in [0.2, 0.25) is 0 Å². The van der Waals surface area contributed by atoms with Crippen LogP contribution in [0.5, 0.6) is 5.75 Å². The van der Waals surface area contributed by atoms with Gasteiger partial charge in [-0.3, -0.25) is 14.9 Å². The number of nitro groups is 1. The Kier molecular flexibility index (Phi) is 4.38. The van der Waals surface area contributed by atoms with Crippen LogP contribution in [0, 0.1) is 10.1 Å². The zero-order chi connectivity index (χ0) is 17.8. The van der Waals surface area contributed by atoms with E-state index in [1.54, 1.807) is 24.3 Å². The lowest BCUT2D eigenvalue weighted by atomic mass is 10.1. The molecule has 0 atom stereocenters. The highest BCUT2D eigenvalue weighted by molar-refractivity contribution is 6.03. The summed E-state index contributed by atoms with van der Waals surface area (Å²) < 4.78 is 0. The van der Waals surface area contributed by atoms with Crippen molar-refractivity contribution in [1.29, 1.82) is 0 Å². The predicted octanol–water partition coefficient (Wildman–Crippen LogP) is 3.22. The molecule has 0 aliphatic carbocycles. The molecule has 0 spiro atoms. The summed E-state index contributed by atoms with van der Waals surface area (Å²) in [5.74, 6) is -0.703. The smallest absolute Gasteiger partial charge is 0.275 e. The van der Waals surface area contributed by atoms with Crippen molar-refractivity contribution < 1.29 is 14.8 Å². The Morgan fingerprint density at radius 2 is 1.92 bits per heavy atom. The quantitative estimate of drug-likeness (QED) is 0.434. The predicted molar refractivity (Wildman–Crippen MR) is 93.8 cm³/mol. The number of nitrogens with zero attached hydrogens (tertiary/aromatic N) is 2. The molecule has 0 fully saturated rings. The van der Waals surface area contributed by atoms with Crippen LogP contribution in [0.25, 0.3) is 10.8 Å². The molecule has 3 aromatic carbocycles. The summed E-state index contributed by atoms with van der Waals surface area (Å²) in [5, 5.41) is 26.1. The number of non-ortho nitro benzene ring substituents is 1. The van der Waals surface area contributed by atoms with Crippen LogP contribution in [0.15, 0.2) is 65.8 Å². The minimum absolute atomic E-state index is 0.0672. The molecule has 0 saturated carbocycles. The first kappa shape index (κ1) is 16.1. The Labute approximate surface area is 142 Å². The number of benzene rings is 3. The first-order chi connectivity index (χ1) is 12.1. The molecule has 7 nitrogen and oxygen atoms in total. The molecule has 1 amide bonds. The summed E-state index contributed by atoms with van der Waals surface area (Å²) in [6.07, 6.45) is 1.29. The van der Waals surface area contributed by atoms with Crippen molar-refractivity contribution in [2.24, 2.45) is 5.10 Å². The molecular weight excluding hydrogens is 322 g/mol. The maximum atomic E-state index is 12.2. The molecule has 0 bridgehead atoms. The maximum absolute atomic E-state index is 12.2. The minimum Gasteiger partial charge on any atom is -0.506 e. The van der Waals surface area contributed by atoms with Gasteiger partial charge in [-0.25, -0.2) is 5.43 Å². The number of hydrazone groups is 1. The number of carbonyl (C=O) groups is 1. The van der Waals surface area contributed by atoms with E-state index in [9.17, 15) is 20.0 Å². The van der Waals surface area contributed by atoms with Crippen LogP contribution in [0.3, 0.4) is 0 Å². The van der Waals surface area contributed by atoms with Crippen molar-refractivity contribution in [3.63, 3.8) is 0 Å². The van der Waals surface area contributed by atoms with Gasteiger partial charge in [-0.05, 0) is 11.5 Å². The Morgan fingerprint density at radius 3 is 2.72 bits per heavy atom. The van der Waals surface area contributed by atoms with Gasteiger partial charge in [0.05, 0.1) is 16.7 Å². The highest BCUT2D eigenvalue weighted by Crippen LogP contribution is 2.28. The van der Waals surface area contributed by atoms with Crippen molar-refractivity contribution in [2.75, 3.05) is 0 Å². The van der Waals surface area contributed by atoms with Gasteiger partial charge in [0.15, 0.2) is 0 Å². The molecule has 0 radical (unpaired) electrons. The normalized spacial score (nSPS) is 10.9. The van der Waals surface area contributed by atoms with E-state index < -0.39 is 10.8 Å². The van der Waals surface area contributed by atoms with Gasteiger partial charge in [-0.15, -0.1) is 0 Å². The first-order valence-corrected chi connectivity index (χ1v) is 7.35. The highest BCUT2D eigenvalue weighted by Gasteiger charge is 2.13. The number of carbonyl (C=O) groups excluding carboxylic acids is 1. The van der Waals surface area contributed by atoms with E-state index in [0.717, 1.165) is 5.39 Å². The van der Waals surface area contributed by atoms with Crippen LogP contribution in [-0.4, -0.2) is 22.2 Å². The second-order valence-corrected chi connectivity index (χ2v) is 5.23. The molecule has 0 aromatic heterocycles. The Bertz CT molecular complexity index is 999. The fourth-order valence-corrected chi connectivity index (χ4v) is 2.38. The zero-order valence-electron chi connectivity index (χ0n) is 12.9. The van der Waals surface area contributed by atoms with Gasteiger partial charge < -0.3 is 5.11 Å². The summed E-state index contributed by atoms with van der Waals surface area (Å²) in [6.45, 7) is 0. The second-order valence-electron chi connectivity index (χ2n) is 5.23. The summed E-state index contributed by atoms with van der Waals surface area (Å²) in [7, 11) is 0. The van der Waals surface area contributed by atoms with E-state index in [0.29, 0.717) is 10.9 Å². The molecule has 25 heavy (non-hydrogen) atoms. The van der Waals surface area contributed by atoms with Crippen molar-refractivity contribution in [2.45, 2.75) is 0 Å². The molecule has 0 aliphatic heterocycles. The molecule has 2 N–H and O–H groups in total. The van der Waals surface area contributed by atoms with Crippen LogP contribution in [-0.2, 0) is 0 Å². The summed E-state index contributed by atoms with van der Waals surface area (Å²) in [4.78, 5) is 22.4. The van der Waals surface area contributed by atoms with Gasteiger partial charge >= 0.3 is 0 Å². The van der Waals surface area contributed by atoms with Gasteiger partial charge in [0.25, 0.3) is 11.6 Å². The Morgan fingerprint density at radius 1 is 1.12 bits per heavy atom. The van der Waals surface area contributed by atoms with E-state index in [-0.39, 0.29) is 17.0 Å². The van der Waals surface area contributed by atoms with Crippen LogP contribution in [0.1, 0.15) is 15.9 Å². The molecule has 0 unspecified atom stereocenters. The maximum Gasteiger partial charge on any atom is 0.275 e. The average Bonchev–Trinajstić information content (AvgIpc) is 2.62. The monoisotopic (exact) mass is 335 g/mol. The largest absolute Gasteiger partial charge is 0.506 e. The lowest BCUT2D eigenvalue weighted by Crippen LogP contribution is -2.17. The standard InChI is InChI=1S/C18H13N3O4/c22-17-15-7-2-1-5-13(15)8-9-16(17)18(23)20-19-11-12-4-3-6-14(10-12)21(24)25/h1-11,22H,(H,20,23)/b19-11+. The third kappa shape index (κ3) is 3.45. The molecule has 7 heteroatoms. The number of hydrogen-bond acceptors (Lipinski definition) is 5. The number of aromatic hydroxyl groups is 1. The number of hydrogen-bond donors (Lipinski definition) is 2. The van der Waals surface area contributed by atoms with Crippen molar-refractivity contribution in [1.82, 2.24) is 5.43 Å². The molecule has 0 saturated heterocycles. The number of nitrogens with one attached hydrogen (secondary N) is 1. The third-order valence-electron chi connectivity index (χ3n) is 3.61. The molecular formula is C18H13N3O4. The van der Waals surface area contributed by atoms with Crippen LogP contribution >= 0.6 is 0 Å². The second kappa shape index (κ2) is 6.79. The lowest BCUT2D eigenvalue weighted by Gasteiger charge is -2.06. The number of fused-ring (bicyclic) bond motifs is 1. The van der Waals surface area contributed by atoms with E-state index >= 15 is 0 Å². The van der Waals surface area contributed by atoms with Crippen LogP contribution in [0.2, 0.25) is 0 Å². The van der Waals surface area contributed by atoms with Crippen LogP contribution < -0.4 is 5.43 Å². The number of amides is 1. The van der Waals surface area contributed by atoms with Gasteiger partial charge in [0.1, 0.15) is 5.75 Å². The SMILES string of the molecule is O=C(N/N=C/c1cccc([N+](=O)[O-])c1)c1ccc2ccccc2c1O. The Balaban J connectivity index is 1.78. The van der Waals surface area contributed by atoms with E-state index in [2.05, 4.69) is 10.5 Å². The summed E-state index contributed by atoms with van der Waals surface area (Å²) in [6, 6.07) is 16.2. The third-order valence-corrected chi connectivity index (χ3v) is 3.61. The zero-order valence-corrected chi connectivity index (χ0v) is 12.9. The summed E-state index contributed by atoms with van der Waals surface area (Å²) >= 11 is 0. The number of phenols is 1. The molecule has 3 aromatic rings. The molecule has 124 valence electrons. The van der Waals surface area contributed by atoms with Crippen LogP contribution in [0.4, 0.5) is 5.69 Å². The lowest BCUT2D eigenvalue weighted by molar-refractivity contribution is -0.384. The van der Waals surface area contributed by atoms with Gasteiger partial charge in [-0.1, -0.05) is 42.5 Å². The molecule has 0 heterocycles. The van der Waals surface area contributed by atoms with E-state index in [1.807, 2.05) is 12.1 Å². The number of phenolic OH excluding ortho intramolecular Hbond substituents is 1. The minimum atomic E-state index is -0.579. The van der Waals surface area contributed by atoms with Crippen molar-refractivity contribution in [3.8, 4) is 5.75 Å². The Hall–Kier alpha value is -3.74. The fraction of sp³-hybridized carbons (Fsp3) is 0. The van der Waals surface area contributed by atoms with Crippen molar-refractivity contribution in [3.05, 3.63) is 81.9 Å². The number of rotatable bonds is 4. The van der Waals surface area contributed by atoms with Gasteiger partial charge in [-0.2, -0.15) is 5.10 Å². The topological polar surface area (TPSA) is 105 Å². The van der Waals surface area contributed by atoms with E-state index in [4.69, 9.17) is 0 Å². The van der Waals surface area contributed by atoms with E-state index in [1.165, 1.54) is 30.5 Å². The summed E-state index contributed by atoms with van der Waals surface area (Å²) in [5.41, 5.74) is 2.80. The van der Waals surface area contributed by atoms with Gasteiger partial charge in [0, 0.05) is 23.1 Å². The molecule has 3 rings (SSSR count). The first-order valence-electron chi connectivity index (χ1n) is 7.35. The fourth-order valence-electron chi connectivity index (χ4n) is 2.38. The average molecular weight is 335 g/mol. The number of nitro benzene ring substituents is 1.